The topological polar surface area (TPSA) is 85.4 Å². The molecule has 0 aliphatic carbocycles. The van der Waals surface area contributed by atoms with Crippen LogP contribution in [0.25, 0.3) is 0 Å². The molecule has 2 aromatic rings. The number of rotatable bonds is 8. The molecule has 33 heavy (non-hydrogen) atoms. The standard InChI is InChI=1S/C23H29FN2O6S/c1-25(14-16-12-20(30-2)22(32-4)21(13-16)31-3)23(27)17-6-5-11-26(15-17)33(28,29)19-9-7-18(24)8-10-19/h7-10,12-13,17H,5-6,11,14-15H2,1-4H3/t17-/m1/s1. The molecule has 3 rings (SSSR count). The summed E-state index contributed by atoms with van der Waals surface area (Å²) in [6, 6.07) is 8.27. The maximum Gasteiger partial charge on any atom is 0.243 e. The quantitative estimate of drug-likeness (QED) is 0.578. The van der Waals surface area contributed by atoms with Gasteiger partial charge in [0.1, 0.15) is 5.82 Å². The van der Waals surface area contributed by atoms with Gasteiger partial charge >= 0.3 is 0 Å². The van der Waals surface area contributed by atoms with Crippen molar-refractivity contribution in [2.24, 2.45) is 5.92 Å². The molecule has 0 unspecified atom stereocenters. The first-order chi connectivity index (χ1) is 15.7. The minimum atomic E-state index is -3.81. The lowest BCUT2D eigenvalue weighted by atomic mass is 9.98. The summed E-state index contributed by atoms with van der Waals surface area (Å²) in [5.41, 5.74) is 0.784. The molecule has 0 spiro atoms. The Morgan fingerprint density at radius 1 is 1.09 bits per heavy atom. The van der Waals surface area contributed by atoms with E-state index in [1.807, 2.05) is 0 Å². The molecule has 10 heteroatoms. The number of hydrogen-bond acceptors (Lipinski definition) is 6. The zero-order valence-corrected chi connectivity index (χ0v) is 20.0. The van der Waals surface area contributed by atoms with E-state index in [1.54, 1.807) is 24.1 Å². The van der Waals surface area contributed by atoms with Crippen LogP contribution in [0.3, 0.4) is 0 Å². The largest absolute Gasteiger partial charge is 0.493 e. The predicted octanol–water partition coefficient (Wildman–Crippen LogP) is 2.91. The molecule has 2 aromatic carbocycles. The van der Waals surface area contributed by atoms with E-state index < -0.39 is 21.8 Å². The zero-order valence-electron chi connectivity index (χ0n) is 19.2. The molecule has 0 N–H and O–H groups in total. The molecule has 1 fully saturated rings. The van der Waals surface area contributed by atoms with Gasteiger partial charge in [0.25, 0.3) is 0 Å². The Labute approximate surface area is 193 Å². The molecule has 1 atom stereocenters. The third-order valence-corrected chi connectivity index (χ3v) is 7.58. The van der Waals surface area contributed by atoms with Crippen LogP contribution in [0.4, 0.5) is 4.39 Å². The van der Waals surface area contributed by atoms with Crippen molar-refractivity contribution in [3.8, 4) is 17.2 Å². The van der Waals surface area contributed by atoms with E-state index in [0.717, 1.165) is 17.7 Å². The van der Waals surface area contributed by atoms with E-state index in [2.05, 4.69) is 0 Å². The fraction of sp³-hybridized carbons (Fsp3) is 0.435. The highest BCUT2D eigenvalue weighted by atomic mass is 32.2. The first-order valence-electron chi connectivity index (χ1n) is 10.5. The van der Waals surface area contributed by atoms with Gasteiger partial charge in [0, 0.05) is 26.7 Å². The molecule has 1 saturated heterocycles. The minimum absolute atomic E-state index is 0.0165. The lowest BCUT2D eigenvalue weighted by Crippen LogP contribution is -2.45. The van der Waals surface area contributed by atoms with Crippen LogP contribution >= 0.6 is 0 Å². The van der Waals surface area contributed by atoms with E-state index in [9.17, 15) is 17.6 Å². The van der Waals surface area contributed by atoms with Crippen molar-refractivity contribution >= 4 is 15.9 Å². The van der Waals surface area contributed by atoms with Crippen molar-refractivity contribution in [2.45, 2.75) is 24.3 Å². The fourth-order valence-corrected chi connectivity index (χ4v) is 5.53. The van der Waals surface area contributed by atoms with Crippen LogP contribution < -0.4 is 14.2 Å². The molecule has 0 radical (unpaired) electrons. The lowest BCUT2D eigenvalue weighted by molar-refractivity contribution is -0.135. The fourth-order valence-electron chi connectivity index (χ4n) is 4.01. The second kappa shape index (κ2) is 10.4. The number of benzene rings is 2. The van der Waals surface area contributed by atoms with Crippen LogP contribution in [0.5, 0.6) is 17.2 Å². The number of carbonyl (C=O) groups excluding carboxylic acids is 1. The summed E-state index contributed by atoms with van der Waals surface area (Å²) >= 11 is 0. The smallest absolute Gasteiger partial charge is 0.243 e. The summed E-state index contributed by atoms with van der Waals surface area (Å²) in [6.07, 6.45) is 1.16. The van der Waals surface area contributed by atoms with Gasteiger partial charge < -0.3 is 19.1 Å². The van der Waals surface area contributed by atoms with Crippen LogP contribution in [-0.2, 0) is 21.4 Å². The molecule has 0 aromatic heterocycles. The van der Waals surface area contributed by atoms with Crippen molar-refractivity contribution in [3.05, 3.63) is 47.8 Å². The van der Waals surface area contributed by atoms with Gasteiger partial charge in [-0.1, -0.05) is 0 Å². The molecular weight excluding hydrogens is 451 g/mol. The van der Waals surface area contributed by atoms with E-state index in [4.69, 9.17) is 14.2 Å². The summed E-state index contributed by atoms with van der Waals surface area (Å²) in [5, 5.41) is 0. The Kier molecular flexibility index (Phi) is 7.80. The number of nitrogens with zero attached hydrogens (tertiary/aromatic N) is 2. The van der Waals surface area contributed by atoms with Gasteiger partial charge in [-0.3, -0.25) is 4.79 Å². The number of sulfonamides is 1. The number of piperidine rings is 1. The second-order valence-electron chi connectivity index (χ2n) is 7.88. The minimum Gasteiger partial charge on any atom is -0.493 e. The Morgan fingerprint density at radius 2 is 1.70 bits per heavy atom. The Hall–Kier alpha value is -2.85. The van der Waals surface area contributed by atoms with Gasteiger partial charge in [0.2, 0.25) is 21.7 Å². The first kappa shape index (κ1) is 24.8. The van der Waals surface area contributed by atoms with Gasteiger partial charge in [0.05, 0.1) is 32.1 Å². The number of amides is 1. The highest BCUT2D eigenvalue weighted by Crippen LogP contribution is 2.38. The molecular formula is C23H29FN2O6S. The number of halogens is 1. The maximum absolute atomic E-state index is 13.2. The molecule has 1 aliphatic rings. The number of hydrogen-bond donors (Lipinski definition) is 0. The van der Waals surface area contributed by atoms with Gasteiger partial charge in [0.15, 0.2) is 11.5 Å². The Morgan fingerprint density at radius 3 is 2.24 bits per heavy atom. The predicted molar refractivity (Wildman–Crippen MR) is 120 cm³/mol. The molecule has 180 valence electrons. The third-order valence-electron chi connectivity index (χ3n) is 5.71. The number of carbonyl (C=O) groups is 1. The van der Waals surface area contributed by atoms with Crippen molar-refractivity contribution in [3.63, 3.8) is 0 Å². The van der Waals surface area contributed by atoms with E-state index >= 15 is 0 Å². The van der Waals surface area contributed by atoms with E-state index in [0.29, 0.717) is 36.6 Å². The van der Waals surface area contributed by atoms with Gasteiger partial charge in [-0.2, -0.15) is 4.31 Å². The maximum atomic E-state index is 13.2. The van der Waals surface area contributed by atoms with Crippen molar-refractivity contribution in [1.29, 1.82) is 0 Å². The van der Waals surface area contributed by atoms with Gasteiger partial charge in [-0.05, 0) is 54.8 Å². The average molecular weight is 481 g/mol. The molecule has 8 nitrogen and oxygen atoms in total. The summed E-state index contributed by atoms with van der Waals surface area (Å²) in [6.45, 7) is 0.689. The van der Waals surface area contributed by atoms with Crippen LogP contribution in [0.2, 0.25) is 0 Å². The summed E-state index contributed by atoms with van der Waals surface area (Å²) in [7, 11) is 2.44. The third kappa shape index (κ3) is 5.39. The van der Waals surface area contributed by atoms with Crippen LogP contribution in [0.15, 0.2) is 41.3 Å². The molecule has 0 bridgehead atoms. The van der Waals surface area contributed by atoms with Crippen molar-refractivity contribution in [1.82, 2.24) is 9.21 Å². The Bertz CT molecular complexity index is 1070. The highest BCUT2D eigenvalue weighted by Gasteiger charge is 2.34. The van der Waals surface area contributed by atoms with Gasteiger partial charge in [-0.15, -0.1) is 0 Å². The molecule has 1 aliphatic heterocycles. The highest BCUT2D eigenvalue weighted by molar-refractivity contribution is 7.89. The van der Waals surface area contributed by atoms with Crippen molar-refractivity contribution in [2.75, 3.05) is 41.5 Å². The Balaban J connectivity index is 1.73. The zero-order chi connectivity index (χ0) is 24.2. The number of ether oxygens (including phenoxy) is 3. The molecule has 1 heterocycles. The van der Waals surface area contributed by atoms with E-state index in [1.165, 1.54) is 37.8 Å². The second-order valence-corrected chi connectivity index (χ2v) is 9.82. The van der Waals surface area contributed by atoms with E-state index in [-0.39, 0.29) is 23.9 Å². The van der Waals surface area contributed by atoms with Crippen LogP contribution in [-0.4, -0.2) is 65.0 Å². The average Bonchev–Trinajstić information content (AvgIpc) is 2.83. The SMILES string of the molecule is COc1cc(CN(C)C(=O)[C@@H]2CCCN(S(=O)(=O)c3ccc(F)cc3)C2)cc(OC)c1OC. The summed E-state index contributed by atoms with van der Waals surface area (Å²) in [5.74, 6) is 0.313. The van der Waals surface area contributed by atoms with Crippen molar-refractivity contribution < 1.29 is 31.8 Å². The lowest BCUT2D eigenvalue weighted by Gasteiger charge is -2.33. The monoisotopic (exact) mass is 480 g/mol. The first-order valence-corrected chi connectivity index (χ1v) is 11.9. The normalized spacial score (nSPS) is 16.8. The summed E-state index contributed by atoms with van der Waals surface area (Å²) < 4.78 is 56.5. The molecule has 0 saturated carbocycles. The summed E-state index contributed by atoms with van der Waals surface area (Å²) in [4.78, 5) is 14.7. The van der Waals surface area contributed by atoms with Crippen LogP contribution in [0, 0.1) is 11.7 Å². The van der Waals surface area contributed by atoms with Gasteiger partial charge in [-0.25, -0.2) is 12.8 Å². The molecule has 1 amide bonds. The van der Waals surface area contributed by atoms with Crippen LogP contribution in [0.1, 0.15) is 18.4 Å². The number of methoxy groups -OCH3 is 3.